The molecule has 24 heavy (non-hydrogen) atoms. The van der Waals surface area contributed by atoms with Crippen molar-refractivity contribution in [3.63, 3.8) is 0 Å². The summed E-state index contributed by atoms with van der Waals surface area (Å²) in [6, 6.07) is 9.29. The SMILES string of the molecule is Cn1cc(CC(NCN)C(=O)O)c2c(-c3ccncc3)cccc21. The molecular formula is C18H20N4O2. The van der Waals surface area contributed by atoms with Gasteiger partial charge in [0.15, 0.2) is 0 Å². The Morgan fingerprint density at radius 2 is 2.08 bits per heavy atom. The summed E-state index contributed by atoms with van der Waals surface area (Å²) < 4.78 is 2.02. The Hall–Kier alpha value is -2.70. The molecule has 0 aliphatic carbocycles. The van der Waals surface area contributed by atoms with Crippen LogP contribution in [0.1, 0.15) is 5.56 Å². The molecule has 0 radical (unpaired) electrons. The Labute approximate surface area is 139 Å². The van der Waals surface area contributed by atoms with Crippen molar-refractivity contribution >= 4 is 16.9 Å². The van der Waals surface area contributed by atoms with Crippen LogP contribution in [0, 0.1) is 0 Å². The quantitative estimate of drug-likeness (QED) is 0.601. The standard InChI is InChI=1S/C18H20N4O2/c1-22-10-13(9-15(18(23)24)21-11-19)17-14(3-2-4-16(17)22)12-5-7-20-8-6-12/h2-8,10,15,21H,9,11,19H2,1H3,(H,23,24). The molecule has 1 unspecified atom stereocenters. The zero-order chi connectivity index (χ0) is 17.1. The van der Waals surface area contributed by atoms with Crippen molar-refractivity contribution in [1.29, 1.82) is 0 Å². The van der Waals surface area contributed by atoms with Crippen LogP contribution < -0.4 is 11.1 Å². The second-order valence-electron chi connectivity index (χ2n) is 5.70. The van der Waals surface area contributed by atoms with Gasteiger partial charge in [-0.25, -0.2) is 0 Å². The predicted octanol–water partition coefficient (Wildman–Crippen LogP) is 1.74. The third-order valence-corrected chi connectivity index (χ3v) is 4.17. The summed E-state index contributed by atoms with van der Waals surface area (Å²) in [7, 11) is 1.97. The number of fused-ring (bicyclic) bond motifs is 1. The lowest BCUT2D eigenvalue weighted by molar-refractivity contribution is -0.139. The molecule has 0 bridgehead atoms. The highest BCUT2D eigenvalue weighted by Crippen LogP contribution is 2.32. The van der Waals surface area contributed by atoms with Gasteiger partial charge in [0.25, 0.3) is 0 Å². The highest BCUT2D eigenvalue weighted by molar-refractivity contribution is 5.98. The minimum absolute atomic E-state index is 0.124. The average molecular weight is 324 g/mol. The summed E-state index contributed by atoms with van der Waals surface area (Å²) in [6.45, 7) is 0.124. The predicted molar refractivity (Wildman–Crippen MR) is 93.5 cm³/mol. The van der Waals surface area contributed by atoms with Crippen LogP contribution in [0.15, 0.2) is 48.9 Å². The fourth-order valence-corrected chi connectivity index (χ4v) is 3.08. The first-order chi connectivity index (χ1) is 11.6. The summed E-state index contributed by atoms with van der Waals surface area (Å²) in [5.74, 6) is -0.904. The van der Waals surface area contributed by atoms with Gasteiger partial charge in [-0.1, -0.05) is 12.1 Å². The van der Waals surface area contributed by atoms with Crippen LogP contribution >= 0.6 is 0 Å². The van der Waals surface area contributed by atoms with Crippen molar-refractivity contribution in [2.24, 2.45) is 12.8 Å². The van der Waals surface area contributed by atoms with Gasteiger partial charge in [-0.05, 0) is 34.9 Å². The molecular weight excluding hydrogens is 304 g/mol. The Morgan fingerprint density at radius 3 is 2.75 bits per heavy atom. The highest BCUT2D eigenvalue weighted by Gasteiger charge is 2.20. The Kier molecular flexibility index (Phi) is 4.59. The molecule has 0 aliphatic rings. The summed E-state index contributed by atoms with van der Waals surface area (Å²) in [5, 5.41) is 13.3. The van der Waals surface area contributed by atoms with E-state index in [1.165, 1.54) is 0 Å². The van der Waals surface area contributed by atoms with E-state index in [9.17, 15) is 9.90 Å². The zero-order valence-electron chi connectivity index (χ0n) is 13.4. The van der Waals surface area contributed by atoms with E-state index in [1.807, 2.05) is 48.1 Å². The molecule has 1 aromatic carbocycles. The zero-order valence-corrected chi connectivity index (χ0v) is 13.4. The van der Waals surface area contributed by atoms with Gasteiger partial charge in [-0.2, -0.15) is 0 Å². The van der Waals surface area contributed by atoms with Crippen molar-refractivity contribution in [1.82, 2.24) is 14.9 Å². The van der Waals surface area contributed by atoms with Crippen LogP contribution in [0.25, 0.3) is 22.0 Å². The van der Waals surface area contributed by atoms with Gasteiger partial charge in [0.1, 0.15) is 6.04 Å². The summed E-state index contributed by atoms with van der Waals surface area (Å²) >= 11 is 0. The number of rotatable bonds is 6. The molecule has 0 amide bonds. The summed E-state index contributed by atoms with van der Waals surface area (Å²) in [4.78, 5) is 15.5. The Bertz CT molecular complexity index is 858. The molecule has 0 spiro atoms. The topological polar surface area (TPSA) is 93.2 Å². The first-order valence-corrected chi connectivity index (χ1v) is 7.75. The lowest BCUT2D eigenvalue weighted by atomic mass is 9.97. The third-order valence-electron chi connectivity index (χ3n) is 4.17. The van der Waals surface area contributed by atoms with E-state index in [2.05, 4.69) is 10.3 Å². The number of aliphatic carboxylic acids is 1. The molecule has 2 aromatic heterocycles. The van der Waals surface area contributed by atoms with E-state index in [0.29, 0.717) is 6.42 Å². The van der Waals surface area contributed by atoms with E-state index in [-0.39, 0.29) is 6.67 Å². The van der Waals surface area contributed by atoms with Crippen molar-refractivity contribution in [2.75, 3.05) is 6.67 Å². The number of carboxylic acid groups (broad SMARTS) is 1. The fourth-order valence-electron chi connectivity index (χ4n) is 3.08. The van der Waals surface area contributed by atoms with E-state index < -0.39 is 12.0 Å². The number of hydrogen-bond donors (Lipinski definition) is 3. The number of nitrogens with one attached hydrogen (secondary N) is 1. The molecule has 0 fully saturated rings. The summed E-state index contributed by atoms with van der Waals surface area (Å²) in [5.41, 5.74) is 9.65. The number of hydrogen-bond acceptors (Lipinski definition) is 4. The fraction of sp³-hybridized carbons (Fsp3) is 0.222. The first-order valence-electron chi connectivity index (χ1n) is 7.75. The van der Waals surface area contributed by atoms with E-state index in [0.717, 1.165) is 27.6 Å². The van der Waals surface area contributed by atoms with Gasteiger partial charge in [0.2, 0.25) is 0 Å². The molecule has 0 saturated carbocycles. The van der Waals surface area contributed by atoms with Gasteiger partial charge in [-0.15, -0.1) is 0 Å². The number of benzene rings is 1. The Morgan fingerprint density at radius 1 is 1.33 bits per heavy atom. The minimum Gasteiger partial charge on any atom is -0.480 e. The van der Waals surface area contributed by atoms with Crippen LogP contribution in [-0.2, 0) is 18.3 Å². The van der Waals surface area contributed by atoms with Crippen molar-refractivity contribution in [3.05, 3.63) is 54.5 Å². The maximum absolute atomic E-state index is 11.5. The van der Waals surface area contributed by atoms with Crippen molar-refractivity contribution in [3.8, 4) is 11.1 Å². The highest BCUT2D eigenvalue weighted by atomic mass is 16.4. The number of nitrogens with two attached hydrogens (primary N) is 1. The molecule has 1 atom stereocenters. The van der Waals surface area contributed by atoms with Crippen LogP contribution in [0.2, 0.25) is 0 Å². The molecule has 3 rings (SSSR count). The van der Waals surface area contributed by atoms with E-state index in [1.54, 1.807) is 12.4 Å². The number of pyridine rings is 1. The second-order valence-corrected chi connectivity index (χ2v) is 5.70. The molecule has 6 heteroatoms. The van der Waals surface area contributed by atoms with Gasteiger partial charge in [0, 0.05) is 49.6 Å². The monoisotopic (exact) mass is 324 g/mol. The van der Waals surface area contributed by atoms with Gasteiger partial charge < -0.3 is 15.4 Å². The largest absolute Gasteiger partial charge is 0.480 e. The normalized spacial score (nSPS) is 12.4. The second kappa shape index (κ2) is 6.82. The minimum atomic E-state index is -0.904. The number of aryl methyl sites for hydroxylation is 1. The molecule has 6 nitrogen and oxygen atoms in total. The van der Waals surface area contributed by atoms with Gasteiger partial charge >= 0.3 is 5.97 Å². The summed E-state index contributed by atoms with van der Waals surface area (Å²) in [6.07, 6.45) is 5.87. The van der Waals surface area contributed by atoms with Crippen molar-refractivity contribution in [2.45, 2.75) is 12.5 Å². The average Bonchev–Trinajstić information content (AvgIpc) is 2.91. The van der Waals surface area contributed by atoms with Crippen molar-refractivity contribution < 1.29 is 9.90 Å². The van der Waals surface area contributed by atoms with Gasteiger partial charge in [-0.3, -0.25) is 15.1 Å². The molecule has 2 heterocycles. The van der Waals surface area contributed by atoms with Crippen LogP contribution in [0.4, 0.5) is 0 Å². The van der Waals surface area contributed by atoms with Crippen LogP contribution in [0.3, 0.4) is 0 Å². The number of carboxylic acids is 1. The van der Waals surface area contributed by atoms with E-state index in [4.69, 9.17) is 5.73 Å². The smallest absolute Gasteiger partial charge is 0.321 e. The lowest BCUT2D eigenvalue weighted by Crippen LogP contribution is -2.41. The molecule has 124 valence electrons. The first kappa shape index (κ1) is 16.2. The van der Waals surface area contributed by atoms with Crippen LogP contribution in [-0.4, -0.2) is 33.3 Å². The maximum atomic E-state index is 11.5. The molecule has 0 aliphatic heterocycles. The van der Waals surface area contributed by atoms with E-state index >= 15 is 0 Å². The van der Waals surface area contributed by atoms with Crippen LogP contribution in [0.5, 0.6) is 0 Å². The van der Waals surface area contributed by atoms with Gasteiger partial charge in [0.05, 0.1) is 0 Å². The molecule has 3 aromatic rings. The lowest BCUT2D eigenvalue weighted by Gasteiger charge is -2.13. The maximum Gasteiger partial charge on any atom is 0.321 e. The number of aromatic nitrogens is 2. The Balaban J connectivity index is 2.13. The third kappa shape index (κ3) is 3.02. The molecule has 0 saturated heterocycles. The number of carbonyl (C=O) groups is 1. The molecule has 4 N–H and O–H groups in total. The number of nitrogens with zero attached hydrogens (tertiary/aromatic N) is 2.